The lowest BCUT2D eigenvalue weighted by Crippen LogP contribution is -2.36. The number of benzene rings is 1. The Bertz CT molecular complexity index is 465. The van der Waals surface area contributed by atoms with Crippen molar-refractivity contribution in [2.24, 2.45) is 0 Å². The Morgan fingerprint density at radius 3 is 2.57 bits per heavy atom. The van der Waals surface area contributed by atoms with E-state index in [1.807, 2.05) is 0 Å². The maximum Gasteiger partial charge on any atom is 0.267 e. The largest absolute Gasteiger partial charge is 0.357 e. The van der Waals surface area contributed by atoms with E-state index >= 15 is 0 Å². The number of aliphatic hydroxyl groups is 1. The van der Waals surface area contributed by atoms with Gasteiger partial charge >= 0.3 is 0 Å². The van der Waals surface area contributed by atoms with E-state index in [0.29, 0.717) is 5.56 Å². The van der Waals surface area contributed by atoms with E-state index in [9.17, 15) is 14.7 Å². The van der Waals surface area contributed by atoms with E-state index in [2.05, 4.69) is 0 Å². The van der Waals surface area contributed by atoms with Gasteiger partial charge in [0.05, 0.1) is 0 Å². The number of rotatable bonds is 0. The van der Waals surface area contributed by atoms with Gasteiger partial charge in [0.15, 0.2) is 11.9 Å². The van der Waals surface area contributed by atoms with Crippen LogP contribution in [-0.2, 0) is 4.74 Å². The summed E-state index contributed by atoms with van der Waals surface area (Å²) in [6, 6.07) is 6.41. The fourth-order valence-corrected chi connectivity index (χ4v) is 1.78. The fraction of sp³-hybridized carbons (Fsp3) is 0.200. The first-order valence-electron chi connectivity index (χ1n) is 4.23. The van der Waals surface area contributed by atoms with Crippen molar-refractivity contribution >= 4 is 11.6 Å². The first-order chi connectivity index (χ1) is 6.64. The van der Waals surface area contributed by atoms with E-state index in [1.54, 1.807) is 18.2 Å². The first kappa shape index (κ1) is 7.84. The Balaban J connectivity index is 2.27. The highest BCUT2D eigenvalue weighted by Gasteiger charge is 2.68. The number of Topliss-reactive ketones (excluding diaryl/α,β-unsaturated/α-hetero) is 2. The molecule has 1 N–H and O–H groups in total. The maximum absolute atomic E-state index is 11.6. The van der Waals surface area contributed by atoms with Crippen LogP contribution in [0.25, 0.3) is 0 Å². The second-order valence-corrected chi connectivity index (χ2v) is 3.43. The minimum Gasteiger partial charge on any atom is -0.357 e. The van der Waals surface area contributed by atoms with Crippen molar-refractivity contribution < 1.29 is 19.4 Å². The Kier molecular flexibility index (Phi) is 1.18. The topological polar surface area (TPSA) is 66.9 Å². The molecule has 0 amide bonds. The van der Waals surface area contributed by atoms with E-state index in [1.165, 1.54) is 6.07 Å². The Morgan fingerprint density at radius 2 is 1.86 bits per heavy atom. The minimum absolute atomic E-state index is 0.244. The van der Waals surface area contributed by atoms with Gasteiger partial charge in [-0.15, -0.1) is 0 Å². The molecular formula is C10H6O4. The van der Waals surface area contributed by atoms with Crippen LogP contribution in [0.5, 0.6) is 0 Å². The summed E-state index contributed by atoms with van der Waals surface area (Å²) in [6.45, 7) is 0. The molecule has 1 aliphatic carbocycles. The molecule has 2 aliphatic rings. The van der Waals surface area contributed by atoms with Crippen LogP contribution in [0.2, 0.25) is 0 Å². The summed E-state index contributed by atoms with van der Waals surface area (Å²) in [5.74, 6) is -2.70. The molecule has 70 valence electrons. The normalized spacial score (nSPS) is 33.6. The van der Waals surface area contributed by atoms with Crippen molar-refractivity contribution in [3.8, 4) is 0 Å². The molecule has 0 spiro atoms. The summed E-state index contributed by atoms with van der Waals surface area (Å²) in [5.41, 5.74) is 0.582. The number of epoxide rings is 1. The summed E-state index contributed by atoms with van der Waals surface area (Å²) in [5, 5.41) is 9.54. The molecular weight excluding hydrogens is 184 g/mol. The second-order valence-electron chi connectivity index (χ2n) is 3.43. The number of hydrogen-bond donors (Lipinski definition) is 1. The Hall–Kier alpha value is -1.52. The van der Waals surface area contributed by atoms with E-state index in [0.717, 1.165) is 0 Å². The maximum atomic E-state index is 11.6. The molecule has 2 atom stereocenters. The standard InChI is InChI=1S/C10H6O4/c11-7-5-3-1-2-4-6(5)8(12)10(13)9(7)14-10/h1-4,9,13H. The molecule has 14 heavy (non-hydrogen) atoms. The molecule has 1 fully saturated rings. The summed E-state index contributed by atoms with van der Waals surface area (Å²) >= 11 is 0. The molecule has 3 rings (SSSR count). The molecule has 1 aromatic rings. The number of ether oxygens (including phenoxy) is 1. The van der Waals surface area contributed by atoms with E-state index in [-0.39, 0.29) is 11.3 Å². The fourth-order valence-electron chi connectivity index (χ4n) is 1.78. The smallest absolute Gasteiger partial charge is 0.267 e. The second kappa shape index (κ2) is 2.10. The third kappa shape index (κ3) is 0.708. The van der Waals surface area contributed by atoms with Crippen LogP contribution in [0.15, 0.2) is 24.3 Å². The van der Waals surface area contributed by atoms with E-state index < -0.39 is 17.7 Å². The molecule has 0 bridgehead atoms. The molecule has 0 aromatic heterocycles. The van der Waals surface area contributed by atoms with Crippen LogP contribution < -0.4 is 0 Å². The molecule has 1 aliphatic heterocycles. The number of carbonyl (C=O) groups excluding carboxylic acids is 2. The van der Waals surface area contributed by atoms with Gasteiger partial charge in [-0.3, -0.25) is 9.59 Å². The lowest BCUT2D eigenvalue weighted by atomic mass is 9.88. The van der Waals surface area contributed by atoms with E-state index in [4.69, 9.17) is 4.74 Å². The molecule has 1 heterocycles. The van der Waals surface area contributed by atoms with Gasteiger partial charge in [-0.25, -0.2) is 0 Å². The Labute approximate surface area is 79.1 Å². The quantitative estimate of drug-likeness (QED) is 0.591. The van der Waals surface area contributed by atoms with Crippen LogP contribution >= 0.6 is 0 Å². The van der Waals surface area contributed by atoms with Crippen LogP contribution in [0, 0.1) is 0 Å². The number of fused-ring (bicyclic) bond motifs is 2. The molecule has 2 unspecified atom stereocenters. The predicted molar refractivity (Wildman–Crippen MR) is 44.9 cm³/mol. The Morgan fingerprint density at radius 1 is 1.21 bits per heavy atom. The SMILES string of the molecule is O=C1c2ccccc2C(=O)C2(O)OC12. The zero-order valence-electron chi connectivity index (χ0n) is 7.06. The van der Waals surface area contributed by atoms with Gasteiger partial charge in [0, 0.05) is 11.1 Å². The van der Waals surface area contributed by atoms with Crippen molar-refractivity contribution in [3.05, 3.63) is 35.4 Å². The van der Waals surface area contributed by atoms with Crippen molar-refractivity contribution in [1.82, 2.24) is 0 Å². The molecule has 4 nitrogen and oxygen atoms in total. The number of hydrogen-bond acceptors (Lipinski definition) is 4. The minimum atomic E-state index is -1.87. The van der Waals surface area contributed by atoms with Gasteiger partial charge in [0.25, 0.3) is 5.79 Å². The van der Waals surface area contributed by atoms with Crippen LogP contribution in [-0.4, -0.2) is 28.6 Å². The van der Waals surface area contributed by atoms with Crippen molar-refractivity contribution in [1.29, 1.82) is 0 Å². The third-order valence-corrected chi connectivity index (χ3v) is 2.60. The summed E-state index contributed by atoms with van der Waals surface area (Å²) in [6.07, 6.45) is -0.982. The summed E-state index contributed by atoms with van der Waals surface area (Å²) < 4.78 is 4.73. The molecule has 0 saturated carbocycles. The van der Waals surface area contributed by atoms with Crippen molar-refractivity contribution in [3.63, 3.8) is 0 Å². The predicted octanol–water partition coefficient (Wildman–Crippen LogP) is 0.153. The van der Waals surface area contributed by atoms with Gasteiger partial charge in [-0.2, -0.15) is 0 Å². The zero-order chi connectivity index (χ0) is 9.92. The lowest BCUT2D eigenvalue weighted by molar-refractivity contribution is 0.0298. The molecule has 1 aromatic carbocycles. The first-order valence-corrected chi connectivity index (χ1v) is 4.23. The zero-order valence-corrected chi connectivity index (χ0v) is 7.06. The molecule has 1 saturated heterocycles. The number of ketones is 2. The summed E-state index contributed by atoms with van der Waals surface area (Å²) in [7, 11) is 0. The van der Waals surface area contributed by atoms with Gasteiger partial charge in [-0.05, 0) is 0 Å². The van der Waals surface area contributed by atoms with Crippen LogP contribution in [0.1, 0.15) is 20.7 Å². The van der Waals surface area contributed by atoms with Crippen LogP contribution in [0.3, 0.4) is 0 Å². The monoisotopic (exact) mass is 190 g/mol. The van der Waals surface area contributed by atoms with Crippen molar-refractivity contribution in [2.75, 3.05) is 0 Å². The lowest BCUT2D eigenvalue weighted by Gasteiger charge is -2.13. The van der Waals surface area contributed by atoms with Gasteiger partial charge in [0.1, 0.15) is 0 Å². The average molecular weight is 190 g/mol. The highest BCUT2D eigenvalue weighted by molar-refractivity contribution is 6.21. The van der Waals surface area contributed by atoms with Gasteiger partial charge in [0.2, 0.25) is 5.78 Å². The van der Waals surface area contributed by atoms with Crippen molar-refractivity contribution in [2.45, 2.75) is 11.9 Å². The third-order valence-electron chi connectivity index (χ3n) is 2.60. The highest BCUT2D eigenvalue weighted by Crippen LogP contribution is 2.43. The summed E-state index contributed by atoms with van der Waals surface area (Å²) in [4.78, 5) is 23.2. The van der Waals surface area contributed by atoms with Gasteiger partial charge < -0.3 is 9.84 Å². The number of carbonyl (C=O) groups is 2. The molecule has 0 radical (unpaired) electrons. The van der Waals surface area contributed by atoms with Gasteiger partial charge in [-0.1, -0.05) is 24.3 Å². The average Bonchev–Trinajstić information content (AvgIpc) is 2.89. The molecule has 4 heteroatoms. The highest BCUT2D eigenvalue weighted by atomic mass is 16.7. The van der Waals surface area contributed by atoms with Crippen LogP contribution in [0.4, 0.5) is 0 Å².